The first-order valence-corrected chi connectivity index (χ1v) is 8.44. The maximum Gasteiger partial charge on any atom is 0.309 e. The molecule has 0 radical (unpaired) electrons. The predicted octanol–water partition coefficient (Wildman–Crippen LogP) is 6.03. The number of esters is 1. The van der Waals surface area contributed by atoms with E-state index in [0.717, 1.165) is 24.8 Å². The van der Waals surface area contributed by atoms with Gasteiger partial charge in [0, 0.05) is 0 Å². The Hall–Kier alpha value is -0.730. The molecule has 0 fully saturated rings. The van der Waals surface area contributed by atoms with E-state index in [0.29, 0.717) is 10.0 Å². The van der Waals surface area contributed by atoms with Gasteiger partial charge in [-0.1, -0.05) is 68.8 Å². The monoisotopic (exact) mass is 330 g/mol. The van der Waals surface area contributed by atoms with Crippen LogP contribution in [0.4, 0.5) is 0 Å². The van der Waals surface area contributed by atoms with E-state index in [9.17, 15) is 4.79 Å². The van der Waals surface area contributed by atoms with Crippen LogP contribution in [0.2, 0.25) is 10.0 Å². The number of rotatable bonds is 9. The molecular formula is C17H24Cl2O2. The number of carbonyl (C=O) groups excluding carboxylic acids is 1. The van der Waals surface area contributed by atoms with Gasteiger partial charge in [-0.15, -0.1) is 0 Å². The fourth-order valence-electron chi connectivity index (χ4n) is 2.21. The van der Waals surface area contributed by atoms with E-state index in [-0.39, 0.29) is 18.5 Å². The molecule has 2 nitrogen and oxygen atoms in total. The van der Waals surface area contributed by atoms with E-state index in [1.165, 1.54) is 19.3 Å². The van der Waals surface area contributed by atoms with Crippen LogP contribution in [0.1, 0.15) is 57.9 Å². The van der Waals surface area contributed by atoms with Gasteiger partial charge in [0.2, 0.25) is 0 Å². The summed E-state index contributed by atoms with van der Waals surface area (Å²) in [5.74, 6) is -0.107. The average molecular weight is 331 g/mol. The quantitative estimate of drug-likeness (QED) is 0.408. The lowest BCUT2D eigenvalue weighted by molar-refractivity contribution is -0.150. The van der Waals surface area contributed by atoms with Crippen molar-refractivity contribution in [3.63, 3.8) is 0 Å². The Bertz CT molecular complexity index is 446. The van der Waals surface area contributed by atoms with Crippen LogP contribution in [0.3, 0.4) is 0 Å². The normalized spacial score (nSPS) is 12.2. The molecule has 0 bridgehead atoms. The number of hydrogen-bond acceptors (Lipinski definition) is 2. The second kappa shape index (κ2) is 10.1. The fraction of sp³-hybridized carbons (Fsp3) is 0.588. The molecule has 1 aromatic rings. The maximum atomic E-state index is 12.1. The summed E-state index contributed by atoms with van der Waals surface area (Å²) in [6.07, 6.45) is 6.46. The van der Waals surface area contributed by atoms with Crippen molar-refractivity contribution in [1.82, 2.24) is 0 Å². The van der Waals surface area contributed by atoms with Crippen LogP contribution in [-0.2, 0) is 16.1 Å². The lowest BCUT2D eigenvalue weighted by atomic mass is 9.98. The van der Waals surface area contributed by atoms with Crippen LogP contribution in [0.5, 0.6) is 0 Å². The van der Waals surface area contributed by atoms with Crippen LogP contribution < -0.4 is 0 Å². The Labute approximate surface area is 137 Å². The van der Waals surface area contributed by atoms with Crippen molar-refractivity contribution >= 4 is 29.2 Å². The van der Waals surface area contributed by atoms with E-state index in [1.807, 2.05) is 13.0 Å². The fourth-order valence-corrected chi connectivity index (χ4v) is 2.53. The van der Waals surface area contributed by atoms with Crippen LogP contribution >= 0.6 is 23.2 Å². The molecule has 21 heavy (non-hydrogen) atoms. The van der Waals surface area contributed by atoms with Gasteiger partial charge in [-0.3, -0.25) is 4.79 Å². The largest absolute Gasteiger partial charge is 0.461 e. The molecule has 4 heteroatoms. The first kappa shape index (κ1) is 18.3. The van der Waals surface area contributed by atoms with Gasteiger partial charge in [0.05, 0.1) is 16.0 Å². The van der Waals surface area contributed by atoms with Crippen molar-refractivity contribution in [3.8, 4) is 0 Å². The predicted molar refractivity (Wildman–Crippen MR) is 88.8 cm³/mol. The van der Waals surface area contributed by atoms with Gasteiger partial charge in [0.1, 0.15) is 6.61 Å². The third-order valence-corrected chi connectivity index (χ3v) is 4.34. The topological polar surface area (TPSA) is 26.3 Å². The average Bonchev–Trinajstić information content (AvgIpc) is 2.48. The molecule has 1 unspecified atom stereocenters. The van der Waals surface area contributed by atoms with Gasteiger partial charge in [-0.2, -0.15) is 0 Å². The lowest BCUT2D eigenvalue weighted by Crippen LogP contribution is -2.17. The van der Waals surface area contributed by atoms with Crippen LogP contribution in [0.15, 0.2) is 18.2 Å². The summed E-state index contributed by atoms with van der Waals surface area (Å²) >= 11 is 11.8. The van der Waals surface area contributed by atoms with Crippen molar-refractivity contribution in [2.45, 2.75) is 59.0 Å². The molecule has 0 saturated heterocycles. The van der Waals surface area contributed by atoms with Gasteiger partial charge in [-0.05, 0) is 30.5 Å². The molecule has 0 spiro atoms. The molecule has 0 heterocycles. The highest BCUT2D eigenvalue weighted by Crippen LogP contribution is 2.23. The molecule has 0 aromatic heterocycles. The van der Waals surface area contributed by atoms with Crippen molar-refractivity contribution in [2.24, 2.45) is 5.92 Å². The van der Waals surface area contributed by atoms with Crippen molar-refractivity contribution < 1.29 is 9.53 Å². The maximum absolute atomic E-state index is 12.1. The Balaban J connectivity index is 2.41. The van der Waals surface area contributed by atoms with Gasteiger partial charge in [0.25, 0.3) is 0 Å². The van der Waals surface area contributed by atoms with Gasteiger partial charge >= 0.3 is 5.97 Å². The van der Waals surface area contributed by atoms with Gasteiger partial charge in [0.15, 0.2) is 0 Å². The van der Waals surface area contributed by atoms with E-state index < -0.39 is 0 Å². The zero-order chi connectivity index (χ0) is 15.7. The first-order valence-electron chi connectivity index (χ1n) is 7.69. The third kappa shape index (κ3) is 6.71. The molecular weight excluding hydrogens is 307 g/mol. The standard InChI is InChI=1S/C17H24Cl2O2/c1-3-5-6-7-8-14(4-2)17(20)21-12-13-9-10-15(18)16(19)11-13/h9-11,14H,3-8,12H2,1-2H3. The molecule has 0 saturated carbocycles. The Morgan fingerprint density at radius 1 is 1.14 bits per heavy atom. The van der Waals surface area contributed by atoms with E-state index in [1.54, 1.807) is 12.1 Å². The van der Waals surface area contributed by atoms with Crippen LogP contribution in [-0.4, -0.2) is 5.97 Å². The summed E-state index contributed by atoms with van der Waals surface area (Å²) in [4.78, 5) is 12.1. The van der Waals surface area contributed by atoms with Crippen LogP contribution in [0.25, 0.3) is 0 Å². The van der Waals surface area contributed by atoms with Crippen LogP contribution in [0, 0.1) is 5.92 Å². The van der Waals surface area contributed by atoms with Crippen molar-refractivity contribution in [2.75, 3.05) is 0 Å². The Morgan fingerprint density at radius 3 is 2.52 bits per heavy atom. The second-order valence-electron chi connectivity index (χ2n) is 5.31. The molecule has 0 amide bonds. The minimum absolute atomic E-state index is 0.00429. The zero-order valence-electron chi connectivity index (χ0n) is 12.8. The molecule has 1 aromatic carbocycles. The molecule has 0 aliphatic heterocycles. The molecule has 1 atom stereocenters. The van der Waals surface area contributed by atoms with Crippen molar-refractivity contribution in [1.29, 1.82) is 0 Å². The van der Waals surface area contributed by atoms with Crippen molar-refractivity contribution in [3.05, 3.63) is 33.8 Å². The lowest BCUT2D eigenvalue weighted by Gasteiger charge is -2.14. The number of halogens is 2. The number of ether oxygens (including phenoxy) is 1. The Kier molecular flexibility index (Phi) is 8.79. The van der Waals surface area contributed by atoms with E-state index in [2.05, 4.69) is 6.92 Å². The summed E-state index contributed by atoms with van der Waals surface area (Å²) < 4.78 is 5.39. The second-order valence-corrected chi connectivity index (χ2v) is 6.13. The molecule has 0 N–H and O–H groups in total. The highest BCUT2D eigenvalue weighted by molar-refractivity contribution is 6.42. The SMILES string of the molecule is CCCCCCC(CC)C(=O)OCc1ccc(Cl)c(Cl)c1. The molecule has 1 rings (SSSR count). The molecule has 118 valence electrons. The molecule has 0 aliphatic carbocycles. The zero-order valence-corrected chi connectivity index (χ0v) is 14.3. The number of benzene rings is 1. The summed E-state index contributed by atoms with van der Waals surface area (Å²) in [6, 6.07) is 5.28. The highest BCUT2D eigenvalue weighted by atomic mass is 35.5. The number of hydrogen-bond donors (Lipinski definition) is 0. The van der Waals surface area contributed by atoms with Gasteiger partial charge < -0.3 is 4.74 Å². The third-order valence-electron chi connectivity index (χ3n) is 3.60. The van der Waals surface area contributed by atoms with E-state index in [4.69, 9.17) is 27.9 Å². The number of carbonyl (C=O) groups is 1. The molecule has 0 aliphatic rings. The summed E-state index contributed by atoms with van der Waals surface area (Å²) in [5, 5.41) is 0.992. The first-order chi connectivity index (χ1) is 10.1. The minimum atomic E-state index is -0.111. The minimum Gasteiger partial charge on any atom is -0.461 e. The Morgan fingerprint density at radius 2 is 1.90 bits per heavy atom. The highest BCUT2D eigenvalue weighted by Gasteiger charge is 2.17. The van der Waals surface area contributed by atoms with Gasteiger partial charge in [-0.25, -0.2) is 0 Å². The summed E-state index contributed by atoms with van der Waals surface area (Å²) in [5.41, 5.74) is 0.860. The summed E-state index contributed by atoms with van der Waals surface area (Å²) in [6.45, 7) is 4.47. The van der Waals surface area contributed by atoms with E-state index >= 15 is 0 Å². The summed E-state index contributed by atoms with van der Waals surface area (Å²) in [7, 11) is 0. The smallest absolute Gasteiger partial charge is 0.309 e. The number of unbranched alkanes of at least 4 members (excludes halogenated alkanes) is 3.